The fraction of sp³-hybridized carbons (Fsp3) is 0.500. The van der Waals surface area contributed by atoms with E-state index < -0.39 is 66.5 Å². The quantitative estimate of drug-likeness (QED) is 0.0463. The van der Waals surface area contributed by atoms with Gasteiger partial charge in [0.25, 0.3) is 0 Å². The van der Waals surface area contributed by atoms with E-state index in [1.165, 1.54) is 0 Å². The summed E-state index contributed by atoms with van der Waals surface area (Å²) in [4.78, 5) is 0. The smallest absolute Gasteiger partial charge is 0.317 e. The molecule has 0 amide bonds. The highest BCUT2D eigenvalue weighted by atomic mass is 28.5. The zero-order valence-electron chi connectivity index (χ0n) is 39.2. The molecule has 1 aliphatic heterocycles. The molecular formula is C48H88O4Si8. The third kappa shape index (κ3) is 17.9. The molecular weight excluding hydrogens is 865 g/mol. The molecule has 1 rings (SSSR count). The predicted molar refractivity (Wildman–Crippen MR) is 292 cm³/mol. The lowest BCUT2D eigenvalue weighted by Gasteiger charge is -2.52. The highest BCUT2D eigenvalue weighted by molar-refractivity contribution is 6.96. The van der Waals surface area contributed by atoms with E-state index in [1.54, 1.807) is 0 Å². The third-order valence-corrected chi connectivity index (χ3v) is 52.6. The molecule has 0 bridgehead atoms. The number of rotatable bonds is 36. The summed E-state index contributed by atoms with van der Waals surface area (Å²) in [6, 6.07) is 20.0. The van der Waals surface area contributed by atoms with Crippen LogP contribution in [0, 0.1) is 0 Å². The van der Waals surface area contributed by atoms with Gasteiger partial charge in [-0.2, -0.15) is 0 Å². The molecule has 0 aromatic heterocycles. The van der Waals surface area contributed by atoms with Crippen LogP contribution in [0.5, 0.6) is 0 Å². The average Bonchev–Trinajstić information content (AvgIpc) is 3.16. The molecule has 60 heavy (non-hydrogen) atoms. The van der Waals surface area contributed by atoms with Gasteiger partial charge >= 0.3 is 34.2 Å². The normalized spacial score (nSPS) is 23.8. The van der Waals surface area contributed by atoms with Crippen molar-refractivity contribution >= 4 is 66.5 Å². The first-order valence-corrected chi connectivity index (χ1v) is 43.9. The molecule has 0 aliphatic carbocycles. The van der Waals surface area contributed by atoms with E-state index in [0.29, 0.717) is 0 Å². The van der Waals surface area contributed by atoms with Crippen molar-refractivity contribution in [1.29, 1.82) is 0 Å². The van der Waals surface area contributed by atoms with Crippen LogP contribution in [0.2, 0.25) is 147 Å². The summed E-state index contributed by atoms with van der Waals surface area (Å²) in [5, 5.41) is 0. The average molecular weight is 954 g/mol. The molecule has 1 fully saturated rings. The molecule has 0 unspecified atom stereocenters. The Balaban J connectivity index is 4.17. The van der Waals surface area contributed by atoms with E-state index in [0.717, 1.165) is 121 Å². The minimum Gasteiger partial charge on any atom is -0.416 e. The Bertz CT molecular complexity index is 1140. The summed E-state index contributed by atoms with van der Waals surface area (Å²) in [6.07, 6.45) is 25.4. The van der Waals surface area contributed by atoms with Crippen molar-refractivity contribution in [3.05, 3.63) is 152 Å². The van der Waals surface area contributed by atoms with Gasteiger partial charge in [0, 0.05) is 0 Å². The van der Waals surface area contributed by atoms with E-state index in [4.69, 9.17) is 16.5 Å². The molecule has 336 valence electrons. The van der Waals surface area contributed by atoms with Crippen molar-refractivity contribution in [2.45, 2.75) is 147 Å². The van der Waals surface area contributed by atoms with Gasteiger partial charge in [-0.3, -0.25) is 0 Å². The van der Waals surface area contributed by atoms with E-state index in [9.17, 15) is 0 Å². The number of hydrogen-bond donors (Lipinski definition) is 0. The number of allylic oxidation sites excluding steroid dienone is 12. The Morgan fingerprint density at radius 1 is 0.267 bits per heavy atom. The van der Waals surface area contributed by atoms with Crippen molar-refractivity contribution in [3.63, 3.8) is 0 Å². The second kappa shape index (κ2) is 26.9. The van der Waals surface area contributed by atoms with Crippen LogP contribution in [0.4, 0.5) is 0 Å². The summed E-state index contributed by atoms with van der Waals surface area (Å²) >= 11 is 0. The molecule has 0 atom stereocenters. The van der Waals surface area contributed by atoms with Gasteiger partial charge in [-0.15, -0.1) is 78.9 Å². The molecule has 0 aromatic carbocycles. The van der Waals surface area contributed by atoms with Crippen molar-refractivity contribution in [2.24, 2.45) is 0 Å². The lowest BCUT2D eigenvalue weighted by Crippen LogP contribution is -2.68. The highest BCUT2D eigenvalue weighted by Crippen LogP contribution is 2.45. The largest absolute Gasteiger partial charge is 0.416 e. The van der Waals surface area contributed by atoms with Crippen LogP contribution in [0.3, 0.4) is 0 Å². The van der Waals surface area contributed by atoms with Gasteiger partial charge in [0.15, 0.2) is 0 Å². The maximum atomic E-state index is 7.90. The van der Waals surface area contributed by atoms with Crippen LogP contribution in [-0.4, -0.2) is 66.5 Å². The van der Waals surface area contributed by atoms with Gasteiger partial charge in [0.1, 0.15) is 0 Å². The molecule has 0 radical (unpaired) electrons. The second-order valence-corrected chi connectivity index (χ2v) is 52.1. The zero-order chi connectivity index (χ0) is 45.5. The van der Waals surface area contributed by atoms with E-state index in [2.05, 4.69) is 178 Å². The standard InChI is InChI=1S/C48H88O4Si8/c1-17-29-57(30-18-2,31-19-3)45-41-53(13)49-54(14,42-46-58(32-20-4,33-21-5)34-22-6)51-56(16,44-48-60(38-26-10,39-27-11)40-28-12)52-55(15,50-53)43-47-59(35-23-7,36-24-8)37-25-9/h17-28H,1-12,29-48H2,13-16H3. The molecule has 4 nitrogen and oxygen atoms in total. The fourth-order valence-corrected chi connectivity index (χ4v) is 57.8. The Morgan fingerprint density at radius 3 is 0.483 bits per heavy atom. The first kappa shape index (κ1) is 56.5. The van der Waals surface area contributed by atoms with E-state index >= 15 is 0 Å². The molecule has 1 saturated heterocycles. The van der Waals surface area contributed by atoms with Crippen LogP contribution in [0.25, 0.3) is 0 Å². The summed E-state index contributed by atoms with van der Waals surface area (Å²) in [5.74, 6) is 0. The molecule has 1 aliphatic rings. The minimum absolute atomic E-state index is 0.891. The lowest BCUT2D eigenvalue weighted by atomic mass is 10.7. The maximum absolute atomic E-state index is 7.90. The van der Waals surface area contributed by atoms with Crippen molar-refractivity contribution in [1.82, 2.24) is 0 Å². The molecule has 12 heteroatoms. The van der Waals surface area contributed by atoms with Gasteiger partial charge in [-0.05, 0) is 123 Å². The van der Waals surface area contributed by atoms with Crippen molar-refractivity contribution in [3.8, 4) is 0 Å². The summed E-state index contributed by atoms with van der Waals surface area (Å²) in [5.41, 5.74) is 0. The van der Waals surface area contributed by atoms with Gasteiger partial charge in [-0.25, -0.2) is 0 Å². The first-order chi connectivity index (χ1) is 28.4. The Morgan fingerprint density at radius 2 is 0.383 bits per heavy atom. The Kier molecular flexibility index (Phi) is 25.4. The van der Waals surface area contributed by atoms with Gasteiger partial charge in [0.2, 0.25) is 0 Å². The third-order valence-electron chi connectivity index (χ3n) is 13.1. The molecule has 0 aromatic rings. The Labute approximate surface area is 379 Å². The summed E-state index contributed by atoms with van der Waals surface area (Å²) in [7, 11) is -19.3. The SMILES string of the molecule is C=CC[Si](CC=C)(CC=C)CC[Si]1(C)O[Si](C)(CC[Si](CC=C)(CC=C)CC=C)O[Si](C)(CC[Si](CC=C)(CC=C)CC=C)O[Si](C)(CC[Si](CC=C)(CC=C)CC=C)O1. The van der Waals surface area contributed by atoms with E-state index in [-0.39, 0.29) is 0 Å². The highest BCUT2D eigenvalue weighted by Gasteiger charge is 2.58. The van der Waals surface area contributed by atoms with Crippen molar-refractivity contribution < 1.29 is 16.5 Å². The van der Waals surface area contributed by atoms with E-state index in [1.807, 2.05) is 0 Å². The maximum Gasteiger partial charge on any atom is 0.317 e. The molecule has 0 saturated carbocycles. The number of hydrogen-bond acceptors (Lipinski definition) is 4. The summed E-state index contributed by atoms with van der Waals surface area (Å²) in [6.45, 7) is 59.9. The summed E-state index contributed by atoms with van der Waals surface area (Å²) < 4.78 is 31.6. The van der Waals surface area contributed by atoms with Gasteiger partial charge in [-0.1, -0.05) is 97.1 Å². The van der Waals surface area contributed by atoms with Crippen LogP contribution in [-0.2, 0) is 16.5 Å². The predicted octanol–water partition coefficient (Wildman–Crippen LogP) is 16.4. The van der Waals surface area contributed by atoms with Crippen LogP contribution in [0.15, 0.2) is 152 Å². The lowest BCUT2D eigenvalue weighted by molar-refractivity contribution is 0.225. The van der Waals surface area contributed by atoms with Gasteiger partial charge in [0.05, 0.1) is 32.3 Å². The van der Waals surface area contributed by atoms with Crippen molar-refractivity contribution in [2.75, 3.05) is 0 Å². The minimum atomic E-state index is -2.94. The Hall–Kier alpha value is -1.54. The molecule has 0 spiro atoms. The second-order valence-electron chi connectivity index (χ2n) is 18.9. The molecule has 1 heterocycles. The first-order valence-electron chi connectivity index (χ1n) is 22.5. The molecule has 0 N–H and O–H groups in total. The monoisotopic (exact) mass is 952 g/mol. The topological polar surface area (TPSA) is 36.9 Å². The zero-order valence-corrected chi connectivity index (χ0v) is 47.2. The van der Waals surface area contributed by atoms with Crippen LogP contribution < -0.4 is 0 Å². The fourth-order valence-electron chi connectivity index (χ4n) is 10.2. The van der Waals surface area contributed by atoms with Crippen LogP contribution in [0.1, 0.15) is 0 Å². The van der Waals surface area contributed by atoms with Crippen LogP contribution >= 0.6 is 0 Å². The van der Waals surface area contributed by atoms with Gasteiger partial charge < -0.3 is 16.5 Å².